The molecule has 36 heavy (non-hydrogen) atoms. The highest BCUT2D eigenvalue weighted by atomic mass is 35.5. The smallest absolute Gasteiger partial charge is 0.275 e. The van der Waals surface area contributed by atoms with Crippen molar-refractivity contribution in [3.63, 3.8) is 0 Å². The Balaban J connectivity index is 1.26. The Morgan fingerprint density at radius 1 is 0.833 bits per heavy atom. The van der Waals surface area contributed by atoms with Crippen LogP contribution in [0.3, 0.4) is 0 Å². The Kier molecular flexibility index (Phi) is 6.76. The van der Waals surface area contributed by atoms with Crippen molar-refractivity contribution in [3.05, 3.63) is 118 Å². The summed E-state index contributed by atoms with van der Waals surface area (Å²) in [6.07, 6.45) is 1.42. The maximum atomic E-state index is 12.5. The van der Waals surface area contributed by atoms with E-state index in [1.165, 1.54) is 6.21 Å². The number of nitrogens with zero attached hydrogens (tertiary/aromatic N) is 1. The zero-order valence-corrected chi connectivity index (χ0v) is 20.4. The molecular formula is C29H20Cl2N2O3. The second-order valence-electron chi connectivity index (χ2n) is 8.20. The normalized spacial score (nSPS) is 11.3. The molecule has 5 aromatic carbocycles. The summed E-state index contributed by atoms with van der Waals surface area (Å²) >= 11 is 12.8. The maximum Gasteiger partial charge on any atom is 0.275 e. The van der Waals surface area contributed by atoms with Crippen LogP contribution in [0.2, 0.25) is 10.0 Å². The monoisotopic (exact) mass is 514 g/mol. The lowest BCUT2D eigenvalue weighted by atomic mass is 10.1. The van der Waals surface area contributed by atoms with Crippen LogP contribution in [0.15, 0.2) is 96.1 Å². The minimum Gasteiger partial charge on any atom is -0.507 e. The van der Waals surface area contributed by atoms with E-state index in [2.05, 4.69) is 22.7 Å². The largest absolute Gasteiger partial charge is 0.507 e. The van der Waals surface area contributed by atoms with Crippen LogP contribution >= 0.6 is 23.2 Å². The maximum absolute atomic E-state index is 12.5. The molecule has 0 aliphatic heterocycles. The molecule has 0 aromatic heterocycles. The number of phenols is 1. The van der Waals surface area contributed by atoms with Crippen molar-refractivity contribution in [2.45, 2.75) is 6.61 Å². The number of benzene rings is 5. The van der Waals surface area contributed by atoms with Crippen LogP contribution < -0.4 is 10.2 Å². The molecule has 0 radical (unpaired) electrons. The summed E-state index contributed by atoms with van der Waals surface area (Å²) in [6.45, 7) is 0.309. The number of carbonyl (C=O) groups excluding carboxylic acids is 1. The summed E-state index contributed by atoms with van der Waals surface area (Å²) in [6, 6.07) is 28.1. The van der Waals surface area contributed by atoms with Crippen molar-refractivity contribution in [1.82, 2.24) is 5.43 Å². The number of aromatic hydroxyl groups is 1. The number of hydrogen-bond acceptors (Lipinski definition) is 4. The van der Waals surface area contributed by atoms with Crippen molar-refractivity contribution in [2.75, 3.05) is 0 Å². The summed E-state index contributed by atoms with van der Waals surface area (Å²) < 4.78 is 5.90. The first-order chi connectivity index (χ1) is 17.5. The van der Waals surface area contributed by atoms with E-state index in [0.29, 0.717) is 28.0 Å². The second kappa shape index (κ2) is 10.3. The molecule has 0 heterocycles. The Hall–Kier alpha value is -4.06. The van der Waals surface area contributed by atoms with Crippen LogP contribution in [0.25, 0.3) is 21.5 Å². The summed E-state index contributed by atoms with van der Waals surface area (Å²) in [5.41, 5.74) is 4.11. The SMILES string of the molecule is O=C(NN=Cc1cc(Cl)c(OCc2ccc3ccccc3c2)c(Cl)c1)c1cc2ccccc2cc1O. The highest BCUT2D eigenvalue weighted by Gasteiger charge is 2.13. The van der Waals surface area contributed by atoms with Gasteiger partial charge in [0.05, 0.1) is 21.8 Å². The van der Waals surface area contributed by atoms with Crippen molar-refractivity contribution in [1.29, 1.82) is 0 Å². The number of hydrazone groups is 1. The van der Waals surface area contributed by atoms with Gasteiger partial charge in [-0.25, -0.2) is 5.43 Å². The lowest BCUT2D eigenvalue weighted by Gasteiger charge is -2.11. The molecule has 0 aliphatic rings. The molecule has 5 rings (SSSR count). The van der Waals surface area contributed by atoms with Crippen molar-refractivity contribution < 1.29 is 14.6 Å². The number of rotatable bonds is 6. The van der Waals surface area contributed by atoms with E-state index in [0.717, 1.165) is 27.1 Å². The van der Waals surface area contributed by atoms with Gasteiger partial charge in [-0.1, -0.05) is 83.9 Å². The van der Waals surface area contributed by atoms with Gasteiger partial charge in [0.2, 0.25) is 0 Å². The Morgan fingerprint density at radius 2 is 1.44 bits per heavy atom. The molecule has 2 N–H and O–H groups in total. The van der Waals surface area contributed by atoms with Gasteiger partial charge in [-0.2, -0.15) is 5.10 Å². The van der Waals surface area contributed by atoms with E-state index in [9.17, 15) is 9.90 Å². The quantitative estimate of drug-likeness (QED) is 0.184. The average molecular weight is 515 g/mol. The van der Waals surface area contributed by atoms with E-state index < -0.39 is 5.91 Å². The first kappa shape index (κ1) is 23.7. The van der Waals surface area contributed by atoms with Gasteiger partial charge >= 0.3 is 0 Å². The molecule has 0 aliphatic carbocycles. The van der Waals surface area contributed by atoms with Gasteiger partial charge in [0.25, 0.3) is 5.91 Å². The highest BCUT2D eigenvalue weighted by molar-refractivity contribution is 6.37. The lowest BCUT2D eigenvalue weighted by molar-refractivity contribution is 0.0952. The zero-order chi connectivity index (χ0) is 25.1. The van der Waals surface area contributed by atoms with Gasteiger partial charge in [0.1, 0.15) is 12.4 Å². The first-order valence-electron chi connectivity index (χ1n) is 11.1. The summed E-state index contributed by atoms with van der Waals surface area (Å²) in [5, 5.41) is 18.8. The second-order valence-corrected chi connectivity index (χ2v) is 9.01. The van der Waals surface area contributed by atoms with Crippen LogP contribution in [0.4, 0.5) is 0 Å². The molecule has 0 fully saturated rings. The highest BCUT2D eigenvalue weighted by Crippen LogP contribution is 2.34. The molecule has 5 aromatic rings. The number of nitrogens with one attached hydrogen (secondary N) is 1. The van der Waals surface area contributed by atoms with Gasteiger partial charge in [0.15, 0.2) is 5.75 Å². The minimum atomic E-state index is -0.540. The Labute approximate surface area is 217 Å². The first-order valence-corrected chi connectivity index (χ1v) is 11.9. The van der Waals surface area contributed by atoms with Crippen LogP contribution in [0.5, 0.6) is 11.5 Å². The van der Waals surface area contributed by atoms with Crippen LogP contribution in [0.1, 0.15) is 21.5 Å². The summed E-state index contributed by atoms with van der Waals surface area (Å²) in [5.74, 6) is -0.295. The molecule has 0 atom stereocenters. The number of ether oxygens (including phenoxy) is 1. The van der Waals surface area contributed by atoms with E-state index in [-0.39, 0.29) is 11.3 Å². The van der Waals surface area contributed by atoms with Crippen molar-refractivity contribution in [3.8, 4) is 11.5 Å². The van der Waals surface area contributed by atoms with Crippen molar-refractivity contribution in [2.24, 2.45) is 5.10 Å². The van der Waals surface area contributed by atoms with E-state index in [1.807, 2.05) is 54.6 Å². The van der Waals surface area contributed by atoms with Gasteiger partial charge in [-0.15, -0.1) is 0 Å². The predicted molar refractivity (Wildman–Crippen MR) is 145 cm³/mol. The fourth-order valence-electron chi connectivity index (χ4n) is 3.91. The van der Waals surface area contributed by atoms with Crippen LogP contribution in [-0.2, 0) is 6.61 Å². The van der Waals surface area contributed by atoms with Gasteiger partial charge in [-0.3, -0.25) is 4.79 Å². The fraction of sp³-hybridized carbons (Fsp3) is 0.0345. The third-order valence-electron chi connectivity index (χ3n) is 5.71. The lowest BCUT2D eigenvalue weighted by Crippen LogP contribution is -2.17. The van der Waals surface area contributed by atoms with E-state index in [4.69, 9.17) is 27.9 Å². The number of hydrogen-bond donors (Lipinski definition) is 2. The van der Waals surface area contributed by atoms with Crippen molar-refractivity contribution >= 4 is 56.9 Å². The molecule has 7 heteroatoms. The minimum absolute atomic E-state index is 0.124. The number of halogens is 2. The molecule has 178 valence electrons. The number of carbonyl (C=O) groups is 1. The molecule has 0 spiro atoms. The van der Waals surface area contributed by atoms with E-state index >= 15 is 0 Å². The molecule has 0 bridgehead atoms. The van der Waals surface area contributed by atoms with Crippen LogP contribution in [-0.4, -0.2) is 17.2 Å². The fourth-order valence-corrected chi connectivity index (χ4v) is 4.52. The summed E-state index contributed by atoms with van der Waals surface area (Å²) in [7, 11) is 0. The van der Waals surface area contributed by atoms with Crippen LogP contribution in [0, 0.1) is 0 Å². The molecule has 5 nitrogen and oxygen atoms in total. The number of fused-ring (bicyclic) bond motifs is 2. The zero-order valence-electron chi connectivity index (χ0n) is 18.9. The number of phenolic OH excluding ortho intramolecular Hbond substituents is 1. The third kappa shape index (κ3) is 5.13. The Morgan fingerprint density at radius 3 is 2.14 bits per heavy atom. The average Bonchev–Trinajstić information content (AvgIpc) is 2.87. The molecule has 0 unspecified atom stereocenters. The molecule has 0 saturated carbocycles. The number of amides is 1. The van der Waals surface area contributed by atoms with E-state index in [1.54, 1.807) is 24.3 Å². The van der Waals surface area contributed by atoms with Gasteiger partial charge in [-0.05, 0) is 63.0 Å². The van der Waals surface area contributed by atoms with Gasteiger partial charge < -0.3 is 9.84 Å². The third-order valence-corrected chi connectivity index (χ3v) is 6.27. The predicted octanol–water partition coefficient (Wildman–Crippen LogP) is 7.35. The molecule has 1 amide bonds. The molecule has 0 saturated heterocycles. The molecular weight excluding hydrogens is 495 g/mol. The standard InChI is InChI=1S/C29H20Cl2N2O3/c30-25-12-19(16-32-33-29(35)24-14-22-7-3-4-8-23(22)15-27(24)34)13-26(31)28(25)36-17-18-9-10-20-5-1-2-6-21(20)11-18/h1-16,34H,17H2,(H,33,35). The van der Waals surface area contributed by atoms with Gasteiger partial charge in [0, 0.05) is 0 Å². The topological polar surface area (TPSA) is 70.9 Å². The summed E-state index contributed by atoms with van der Waals surface area (Å²) in [4.78, 5) is 12.5. The Bertz CT molecular complexity index is 1610.